The van der Waals surface area contributed by atoms with Gasteiger partial charge in [-0.05, 0) is 13.3 Å². The Balaban J connectivity index is 2.94. The zero-order valence-corrected chi connectivity index (χ0v) is 7.89. The number of methoxy groups -OCH3 is 1. The Labute approximate surface area is 76.9 Å². The van der Waals surface area contributed by atoms with Crippen molar-refractivity contribution < 1.29 is 9.53 Å². The maximum absolute atomic E-state index is 11.0. The number of hydrogen-bond acceptors (Lipinski definition) is 2. The van der Waals surface area contributed by atoms with E-state index in [1.54, 1.807) is 13.2 Å². The van der Waals surface area contributed by atoms with E-state index in [4.69, 9.17) is 16.3 Å². The number of halogens is 1. The van der Waals surface area contributed by atoms with Crippen LogP contribution in [0.4, 0.5) is 0 Å². The lowest BCUT2D eigenvalue weighted by atomic mass is 10.0. The molecule has 0 saturated carbocycles. The number of Topliss-reactive ketones (excluding diaryl/α,β-unsaturated/α-hetero) is 1. The van der Waals surface area contributed by atoms with Crippen molar-refractivity contribution in [3.8, 4) is 0 Å². The monoisotopic (exact) mass is 186 g/mol. The quantitative estimate of drug-likeness (QED) is 0.660. The highest BCUT2D eigenvalue weighted by molar-refractivity contribution is 6.33. The molecule has 12 heavy (non-hydrogen) atoms. The van der Waals surface area contributed by atoms with Crippen LogP contribution in [0.3, 0.4) is 0 Å². The zero-order valence-electron chi connectivity index (χ0n) is 7.13. The van der Waals surface area contributed by atoms with Crippen LogP contribution in [-0.4, -0.2) is 19.0 Å². The van der Waals surface area contributed by atoms with Crippen LogP contribution in [0.1, 0.15) is 13.3 Å². The summed E-state index contributed by atoms with van der Waals surface area (Å²) >= 11 is 5.93. The lowest BCUT2D eigenvalue weighted by molar-refractivity contribution is -0.113. The van der Waals surface area contributed by atoms with Gasteiger partial charge in [-0.25, -0.2) is 0 Å². The van der Waals surface area contributed by atoms with Gasteiger partial charge in [0.25, 0.3) is 0 Å². The van der Waals surface area contributed by atoms with E-state index in [9.17, 15) is 4.79 Å². The van der Waals surface area contributed by atoms with E-state index >= 15 is 0 Å². The highest BCUT2D eigenvalue weighted by Gasteiger charge is 2.19. The molecule has 0 aromatic carbocycles. The number of hydrogen-bond donors (Lipinski definition) is 0. The number of carbonyl (C=O) groups excluding carboxylic acids is 1. The molecule has 1 rings (SSSR count). The average Bonchev–Trinajstić information content (AvgIpc) is 2.04. The van der Waals surface area contributed by atoms with E-state index in [1.165, 1.54) is 6.92 Å². The van der Waals surface area contributed by atoms with Gasteiger partial charge in [-0.2, -0.15) is 0 Å². The third-order valence-corrected chi connectivity index (χ3v) is 2.29. The third kappa shape index (κ3) is 1.76. The second kappa shape index (κ2) is 3.87. The lowest BCUT2D eigenvalue weighted by Gasteiger charge is -2.17. The van der Waals surface area contributed by atoms with E-state index in [1.807, 2.05) is 6.08 Å². The largest absolute Gasteiger partial charge is 0.375 e. The molecule has 1 unspecified atom stereocenters. The minimum absolute atomic E-state index is 0.0157. The molecule has 0 saturated heterocycles. The van der Waals surface area contributed by atoms with Gasteiger partial charge in [0.2, 0.25) is 0 Å². The minimum atomic E-state index is -0.143. The molecule has 0 spiro atoms. The van der Waals surface area contributed by atoms with E-state index in [0.29, 0.717) is 10.6 Å². The smallest absolute Gasteiger partial charge is 0.161 e. The van der Waals surface area contributed by atoms with Crippen LogP contribution in [0.2, 0.25) is 0 Å². The van der Waals surface area contributed by atoms with Crippen molar-refractivity contribution >= 4 is 17.4 Å². The topological polar surface area (TPSA) is 26.3 Å². The molecular formula is C9H11ClO2. The molecule has 0 fully saturated rings. The number of carbonyl (C=O) groups is 1. The fourth-order valence-electron chi connectivity index (χ4n) is 1.15. The fraction of sp³-hybridized carbons (Fsp3) is 0.444. The van der Waals surface area contributed by atoms with Gasteiger partial charge in [0.15, 0.2) is 5.78 Å². The van der Waals surface area contributed by atoms with Crippen molar-refractivity contribution in [2.24, 2.45) is 0 Å². The highest BCUT2D eigenvalue weighted by atomic mass is 35.5. The lowest BCUT2D eigenvalue weighted by Crippen LogP contribution is -2.16. The van der Waals surface area contributed by atoms with Crippen LogP contribution in [0.25, 0.3) is 0 Å². The van der Waals surface area contributed by atoms with E-state index in [-0.39, 0.29) is 11.9 Å². The average molecular weight is 187 g/mol. The van der Waals surface area contributed by atoms with Crippen molar-refractivity contribution in [1.29, 1.82) is 0 Å². The molecule has 3 heteroatoms. The predicted molar refractivity (Wildman–Crippen MR) is 48.1 cm³/mol. The van der Waals surface area contributed by atoms with Gasteiger partial charge in [-0.1, -0.05) is 23.8 Å². The Morgan fingerprint density at radius 2 is 2.42 bits per heavy atom. The summed E-state index contributed by atoms with van der Waals surface area (Å²) in [5, 5.41) is 0.521. The second-order valence-electron chi connectivity index (χ2n) is 2.68. The molecule has 0 radical (unpaired) electrons. The normalized spacial score (nSPS) is 23.1. The maximum atomic E-state index is 11.0. The van der Waals surface area contributed by atoms with Crippen molar-refractivity contribution in [3.63, 3.8) is 0 Å². The van der Waals surface area contributed by atoms with Gasteiger partial charge in [-0.3, -0.25) is 4.79 Å². The van der Waals surface area contributed by atoms with Gasteiger partial charge < -0.3 is 4.74 Å². The molecule has 0 aromatic rings. The Kier molecular flexibility index (Phi) is 3.06. The molecule has 1 aliphatic rings. The van der Waals surface area contributed by atoms with Crippen LogP contribution in [0, 0.1) is 0 Å². The minimum Gasteiger partial charge on any atom is -0.375 e. The van der Waals surface area contributed by atoms with Crippen LogP contribution >= 0.6 is 11.6 Å². The molecule has 0 aliphatic heterocycles. The SMILES string of the molecule is COC1CC=CC(C(C)=O)=C1Cl. The van der Waals surface area contributed by atoms with Crippen molar-refractivity contribution in [1.82, 2.24) is 0 Å². The summed E-state index contributed by atoms with van der Waals surface area (Å²) in [6.07, 6.45) is 4.25. The first kappa shape index (κ1) is 9.49. The number of rotatable bonds is 2. The molecule has 2 nitrogen and oxygen atoms in total. The summed E-state index contributed by atoms with van der Waals surface area (Å²) in [5.41, 5.74) is 0.565. The molecule has 0 heterocycles. The molecule has 66 valence electrons. The maximum Gasteiger partial charge on any atom is 0.161 e. The molecule has 0 amide bonds. The third-order valence-electron chi connectivity index (χ3n) is 1.84. The summed E-state index contributed by atoms with van der Waals surface area (Å²) in [7, 11) is 1.59. The van der Waals surface area contributed by atoms with E-state index in [2.05, 4.69) is 0 Å². The summed E-state index contributed by atoms with van der Waals surface area (Å²) in [4.78, 5) is 11.0. The summed E-state index contributed by atoms with van der Waals surface area (Å²) < 4.78 is 5.09. The van der Waals surface area contributed by atoms with Crippen molar-refractivity contribution in [2.45, 2.75) is 19.4 Å². The molecule has 0 N–H and O–H groups in total. The van der Waals surface area contributed by atoms with Gasteiger partial charge in [0, 0.05) is 12.7 Å². The van der Waals surface area contributed by atoms with Crippen molar-refractivity contribution in [3.05, 3.63) is 22.8 Å². The van der Waals surface area contributed by atoms with Gasteiger partial charge in [0.05, 0.1) is 11.1 Å². The summed E-state index contributed by atoms with van der Waals surface area (Å²) in [6, 6.07) is 0. The van der Waals surface area contributed by atoms with Gasteiger partial charge in [0.1, 0.15) is 0 Å². The van der Waals surface area contributed by atoms with Gasteiger partial charge in [-0.15, -0.1) is 0 Å². The Morgan fingerprint density at radius 1 is 1.75 bits per heavy atom. The van der Waals surface area contributed by atoms with E-state index in [0.717, 1.165) is 6.42 Å². The number of ether oxygens (including phenoxy) is 1. The number of ketones is 1. The first-order chi connectivity index (χ1) is 5.66. The van der Waals surface area contributed by atoms with Gasteiger partial charge >= 0.3 is 0 Å². The molecule has 0 bridgehead atoms. The van der Waals surface area contributed by atoms with Crippen LogP contribution in [-0.2, 0) is 9.53 Å². The molecular weight excluding hydrogens is 176 g/mol. The zero-order chi connectivity index (χ0) is 9.14. The second-order valence-corrected chi connectivity index (χ2v) is 3.09. The molecule has 1 aliphatic carbocycles. The Bertz CT molecular complexity index is 253. The molecule has 0 aromatic heterocycles. The number of allylic oxidation sites excluding steroid dienone is 2. The first-order valence-electron chi connectivity index (χ1n) is 3.76. The van der Waals surface area contributed by atoms with E-state index < -0.39 is 0 Å². The predicted octanol–water partition coefficient (Wildman–Crippen LogP) is 2.04. The van der Waals surface area contributed by atoms with Crippen LogP contribution in [0.15, 0.2) is 22.8 Å². The Morgan fingerprint density at radius 3 is 2.92 bits per heavy atom. The summed E-state index contributed by atoms with van der Waals surface area (Å²) in [6.45, 7) is 1.50. The fourth-order valence-corrected chi connectivity index (χ4v) is 1.53. The van der Waals surface area contributed by atoms with Crippen molar-refractivity contribution in [2.75, 3.05) is 7.11 Å². The van der Waals surface area contributed by atoms with Crippen LogP contribution in [0.5, 0.6) is 0 Å². The first-order valence-corrected chi connectivity index (χ1v) is 4.14. The standard InChI is InChI=1S/C9H11ClO2/c1-6(11)7-4-3-5-8(12-2)9(7)10/h3-4,8H,5H2,1-2H3. The summed E-state index contributed by atoms with van der Waals surface area (Å²) in [5.74, 6) is -0.0157. The Hall–Kier alpha value is -0.600. The highest BCUT2D eigenvalue weighted by Crippen LogP contribution is 2.25. The van der Waals surface area contributed by atoms with Crippen LogP contribution < -0.4 is 0 Å². The molecule has 1 atom stereocenters.